The van der Waals surface area contributed by atoms with Crippen LogP contribution >= 0.6 is 23.2 Å². The second-order valence-corrected chi connectivity index (χ2v) is 5.19. The number of hydrogen-bond acceptors (Lipinski definition) is 3. The van der Waals surface area contributed by atoms with Crippen LogP contribution in [0.4, 0.5) is 0 Å². The molecule has 1 aliphatic heterocycles. The van der Waals surface area contributed by atoms with Crippen molar-refractivity contribution in [2.24, 2.45) is 0 Å². The molecule has 1 N–H and O–H groups in total. The first-order valence-corrected chi connectivity index (χ1v) is 6.96. The van der Waals surface area contributed by atoms with Gasteiger partial charge in [0, 0.05) is 32.7 Å². The molecule has 0 radical (unpaired) electrons. The van der Waals surface area contributed by atoms with Gasteiger partial charge >= 0.3 is 0 Å². The second kappa shape index (κ2) is 10.9. The summed E-state index contributed by atoms with van der Waals surface area (Å²) >= 11 is 11.8. The molecule has 0 unspecified atom stereocenters. The molecule has 7 heteroatoms. The lowest BCUT2D eigenvalue weighted by atomic mass is 10.2. The van der Waals surface area contributed by atoms with E-state index in [0.717, 1.165) is 51.5 Å². The first-order valence-electron chi connectivity index (χ1n) is 6.20. The topological polar surface area (TPSA) is 24.5 Å². The lowest BCUT2D eigenvalue weighted by Gasteiger charge is -2.26. The van der Waals surface area contributed by atoms with Crippen LogP contribution in [0, 0.1) is 0 Å². The third-order valence-electron chi connectivity index (χ3n) is 3.02. The highest BCUT2D eigenvalue weighted by molar-refractivity contribution is 6.42. The fraction of sp³-hybridized carbons (Fsp3) is 0.538. The molecule has 1 saturated heterocycles. The maximum atomic E-state index is 5.97. The minimum absolute atomic E-state index is 0. The summed E-state index contributed by atoms with van der Waals surface area (Å²) < 4.78 is 5.31. The fourth-order valence-electron chi connectivity index (χ4n) is 1.94. The van der Waals surface area contributed by atoms with Gasteiger partial charge < -0.3 is 34.9 Å². The number of nitrogens with zero attached hydrogens (tertiary/aromatic N) is 1. The van der Waals surface area contributed by atoms with Gasteiger partial charge in [-0.15, -0.1) is 0 Å². The highest BCUT2D eigenvalue weighted by atomic mass is 35.5. The average Bonchev–Trinajstić information content (AvgIpc) is 2.40. The zero-order valence-corrected chi connectivity index (χ0v) is 14.1. The molecule has 1 aromatic carbocycles. The summed E-state index contributed by atoms with van der Waals surface area (Å²) in [6.07, 6.45) is 0. The van der Waals surface area contributed by atoms with Crippen LogP contribution in [0.25, 0.3) is 0 Å². The number of benzene rings is 1. The number of morpholine rings is 1. The van der Waals surface area contributed by atoms with E-state index in [-0.39, 0.29) is 24.8 Å². The van der Waals surface area contributed by atoms with Crippen LogP contribution in [-0.2, 0) is 11.3 Å². The van der Waals surface area contributed by atoms with Gasteiger partial charge in [-0.25, -0.2) is 0 Å². The van der Waals surface area contributed by atoms with Gasteiger partial charge in [0.1, 0.15) is 0 Å². The van der Waals surface area contributed by atoms with Crippen LogP contribution in [-0.4, -0.2) is 44.3 Å². The van der Waals surface area contributed by atoms with Gasteiger partial charge in [-0.1, -0.05) is 29.3 Å². The van der Waals surface area contributed by atoms with Crippen LogP contribution in [0.15, 0.2) is 18.2 Å². The SMILES string of the molecule is Clc1ccc(CNCCN2CCOCC2)cc1Cl.[Cl-].[Cl-]. The molecule has 1 aliphatic rings. The molecular weight excluding hydrogens is 342 g/mol. The number of ether oxygens (including phenoxy) is 1. The Balaban J connectivity index is 0.00000180. The Kier molecular flexibility index (Phi) is 11.1. The first kappa shape index (κ1) is 20.3. The van der Waals surface area contributed by atoms with E-state index in [4.69, 9.17) is 27.9 Å². The van der Waals surface area contributed by atoms with Crippen molar-refractivity contribution in [1.82, 2.24) is 10.2 Å². The van der Waals surface area contributed by atoms with Crippen molar-refractivity contribution in [3.05, 3.63) is 33.8 Å². The van der Waals surface area contributed by atoms with Crippen LogP contribution < -0.4 is 30.1 Å². The van der Waals surface area contributed by atoms with E-state index in [9.17, 15) is 0 Å². The minimum Gasteiger partial charge on any atom is -1.00 e. The van der Waals surface area contributed by atoms with Crippen molar-refractivity contribution in [2.45, 2.75) is 6.54 Å². The maximum Gasteiger partial charge on any atom is 0.0595 e. The largest absolute Gasteiger partial charge is 1.00 e. The summed E-state index contributed by atoms with van der Waals surface area (Å²) in [7, 11) is 0. The molecule has 0 spiro atoms. The molecular formula is C13H18Cl4N2O-2. The fourth-order valence-corrected chi connectivity index (χ4v) is 2.26. The number of hydrogen-bond donors (Lipinski definition) is 1. The summed E-state index contributed by atoms with van der Waals surface area (Å²) in [5.41, 5.74) is 1.16. The predicted octanol–water partition coefficient (Wildman–Crippen LogP) is -3.58. The van der Waals surface area contributed by atoms with Gasteiger partial charge in [0.25, 0.3) is 0 Å². The minimum atomic E-state index is 0. The first-order chi connectivity index (χ1) is 8.75. The molecule has 0 saturated carbocycles. The number of rotatable bonds is 5. The van der Waals surface area contributed by atoms with Crippen molar-refractivity contribution in [3.63, 3.8) is 0 Å². The lowest BCUT2D eigenvalue weighted by Crippen LogP contribution is -3.00. The maximum absolute atomic E-state index is 5.97. The molecule has 3 nitrogen and oxygen atoms in total. The molecule has 0 atom stereocenters. The quantitative estimate of drug-likeness (QED) is 0.550. The van der Waals surface area contributed by atoms with E-state index in [0.29, 0.717) is 10.0 Å². The molecule has 0 aromatic heterocycles. The third-order valence-corrected chi connectivity index (χ3v) is 3.76. The van der Waals surface area contributed by atoms with Crippen molar-refractivity contribution < 1.29 is 29.6 Å². The van der Waals surface area contributed by atoms with Gasteiger partial charge in [0.05, 0.1) is 23.3 Å². The highest BCUT2D eigenvalue weighted by Gasteiger charge is 2.08. The Morgan fingerprint density at radius 1 is 1.10 bits per heavy atom. The highest BCUT2D eigenvalue weighted by Crippen LogP contribution is 2.22. The summed E-state index contributed by atoms with van der Waals surface area (Å²) in [6, 6.07) is 5.74. The number of nitrogens with one attached hydrogen (secondary N) is 1. The van der Waals surface area contributed by atoms with E-state index >= 15 is 0 Å². The van der Waals surface area contributed by atoms with Crippen LogP contribution in [0.5, 0.6) is 0 Å². The molecule has 0 amide bonds. The summed E-state index contributed by atoms with van der Waals surface area (Å²) in [6.45, 7) is 6.63. The standard InChI is InChI=1S/C13H18Cl2N2O.2ClH/c14-12-2-1-11(9-13(12)15)10-16-3-4-17-5-7-18-8-6-17;;/h1-2,9,16H,3-8,10H2;2*1H/p-2. The van der Waals surface area contributed by atoms with Gasteiger partial charge in [0.15, 0.2) is 0 Å². The van der Waals surface area contributed by atoms with E-state index in [2.05, 4.69) is 10.2 Å². The normalized spacial score (nSPS) is 15.3. The molecule has 1 aromatic rings. The summed E-state index contributed by atoms with van der Waals surface area (Å²) in [5.74, 6) is 0. The smallest absolute Gasteiger partial charge is 0.0595 e. The van der Waals surface area contributed by atoms with E-state index in [1.807, 2.05) is 18.2 Å². The lowest BCUT2D eigenvalue weighted by molar-refractivity contribution is -0.001000. The van der Waals surface area contributed by atoms with Crippen LogP contribution in [0.1, 0.15) is 5.56 Å². The van der Waals surface area contributed by atoms with Gasteiger partial charge in [-0.05, 0) is 17.7 Å². The van der Waals surface area contributed by atoms with Crippen LogP contribution in [0.2, 0.25) is 10.0 Å². The van der Waals surface area contributed by atoms with Crippen molar-refractivity contribution in [2.75, 3.05) is 39.4 Å². The summed E-state index contributed by atoms with van der Waals surface area (Å²) in [4.78, 5) is 2.41. The third kappa shape index (κ3) is 6.81. The number of halogens is 4. The zero-order chi connectivity index (χ0) is 12.8. The Hall–Kier alpha value is 0.260. The van der Waals surface area contributed by atoms with Crippen molar-refractivity contribution in [1.29, 1.82) is 0 Å². The van der Waals surface area contributed by atoms with Gasteiger partial charge in [-0.2, -0.15) is 0 Å². The molecule has 2 rings (SSSR count). The Labute approximate surface area is 142 Å². The van der Waals surface area contributed by atoms with Gasteiger partial charge in [-0.3, -0.25) is 4.90 Å². The molecule has 0 aliphatic carbocycles. The van der Waals surface area contributed by atoms with Crippen LogP contribution in [0.3, 0.4) is 0 Å². The molecule has 1 heterocycles. The van der Waals surface area contributed by atoms with E-state index in [1.54, 1.807) is 0 Å². The molecule has 116 valence electrons. The average molecular weight is 360 g/mol. The van der Waals surface area contributed by atoms with Crippen molar-refractivity contribution in [3.8, 4) is 0 Å². The predicted molar refractivity (Wildman–Crippen MR) is 75.4 cm³/mol. The second-order valence-electron chi connectivity index (χ2n) is 4.38. The zero-order valence-electron chi connectivity index (χ0n) is 11.0. The Morgan fingerprint density at radius 2 is 1.80 bits per heavy atom. The van der Waals surface area contributed by atoms with E-state index in [1.165, 1.54) is 0 Å². The Bertz CT molecular complexity index is 387. The molecule has 20 heavy (non-hydrogen) atoms. The monoisotopic (exact) mass is 358 g/mol. The Morgan fingerprint density at radius 3 is 2.45 bits per heavy atom. The molecule has 1 fully saturated rings. The summed E-state index contributed by atoms with van der Waals surface area (Å²) in [5, 5.41) is 4.63. The van der Waals surface area contributed by atoms with Crippen molar-refractivity contribution >= 4 is 23.2 Å². The van der Waals surface area contributed by atoms with Gasteiger partial charge in [0.2, 0.25) is 0 Å². The molecule has 0 bridgehead atoms. The van der Waals surface area contributed by atoms with E-state index < -0.39 is 0 Å².